The fourth-order valence-corrected chi connectivity index (χ4v) is 8.41. The average molecular weight is 749 g/mol. The van der Waals surface area contributed by atoms with Crippen molar-refractivity contribution >= 4 is 44.9 Å². The molecule has 14 nitrogen and oxygen atoms in total. The van der Waals surface area contributed by atoms with Crippen LogP contribution in [0.2, 0.25) is 0 Å². The molecule has 17 heteroatoms. The van der Waals surface area contributed by atoms with E-state index in [0.29, 0.717) is 42.4 Å². The number of amides is 4. The van der Waals surface area contributed by atoms with E-state index in [9.17, 15) is 27.6 Å². The Morgan fingerprint density at radius 3 is 2.38 bits per heavy atom. The van der Waals surface area contributed by atoms with Crippen molar-refractivity contribution in [2.45, 2.75) is 132 Å². The zero-order valence-electron chi connectivity index (χ0n) is 29.7. The summed E-state index contributed by atoms with van der Waals surface area (Å²) in [5, 5.41) is 4.47. The van der Waals surface area contributed by atoms with E-state index >= 15 is 8.78 Å². The van der Waals surface area contributed by atoms with Crippen molar-refractivity contribution in [1.82, 2.24) is 30.2 Å². The molecule has 4 aliphatic rings. The number of carbonyl (C=O) groups excluding carboxylic acids is 4. The Kier molecular flexibility index (Phi) is 10.1. The van der Waals surface area contributed by atoms with Gasteiger partial charge in [-0.05, 0) is 77.8 Å². The fraction of sp³-hybridized carbons (Fsp3) is 0.657. The number of carbonyl (C=O) groups is 4. The highest BCUT2D eigenvalue weighted by atomic mass is 32.2. The summed E-state index contributed by atoms with van der Waals surface area (Å²) < 4.78 is 69.8. The van der Waals surface area contributed by atoms with E-state index in [1.807, 2.05) is 10.8 Å². The summed E-state index contributed by atoms with van der Waals surface area (Å²) in [4.78, 5) is 65.5. The molecule has 2 saturated heterocycles. The Bertz CT molecular complexity index is 1850. The molecule has 4 amide bonds. The molecule has 2 aromatic rings. The monoisotopic (exact) mass is 748 g/mol. The van der Waals surface area contributed by atoms with E-state index in [-0.39, 0.29) is 38.1 Å². The van der Waals surface area contributed by atoms with Gasteiger partial charge in [0.25, 0.3) is 5.91 Å². The minimum absolute atomic E-state index is 0.0798. The van der Waals surface area contributed by atoms with E-state index in [2.05, 4.69) is 20.6 Å². The lowest BCUT2D eigenvalue weighted by molar-refractivity contribution is -0.141. The van der Waals surface area contributed by atoms with Crippen molar-refractivity contribution in [3.05, 3.63) is 30.0 Å². The van der Waals surface area contributed by atoms with Gasteiger partial charge < -0.3 is 25.0 Å². The first kappa shape index (κ1) is 37.6. The van der Waals surface area contributed by atoms with Crippen LogP contribution in [0.15, 0.2) is 24.3 Å². The molecule has 2 aliphatic carbocycles. The molecule has 3 heterocycles. The summed E-state index contributed by atoms with van der Waals surface area (Å²) in [6.07, 6.45) is -1.62. The largest absolute Gasteiger partial charge is 0.471 e. The molecule has 5 unspecified atom stereocenters. The molecular formula is C35H46F2N6O8S. The van der Waals surface area contributed by atoms with Gasteiger partial charge in [0, 0.05) is 19.3 Å². The molecule has 1 aromatic carbocycles. The number of hydrogen-bond acceptors (Lipinski definition) is 10. The number of rotatable bonds is 6. The number of sulfonamides is 1. The van der Waals surface area contributed by atoms with Crippen molar-refractivity contribution in [2.24, 2.45) is 5.92 Å². The van der Waals surface area contributed by atoms with Gasteiger partial charge in [-0.15, -0.1) is 0 Å². The zero-order valence-corrected chi connectivity index (χ0v) is 30.6. The fourth-order valence-electron chi connectivity index (χ4n) is 7.04. The highest BCUT2D eigenvalue weighted by Gasteiger charge is 2.65. The topological polar surface area (TPSA) is 186 Å². The van der Waals surface area contributed by atoms with Gasteiger partial charge in [0.1, 0.15) is 35.0 Å². The van der Waals surface area contributed by atoms with Crippen LogP contribution in [-0.2, 0) is 29.1 Å². The van der Waals surface area contributed by atoms with Crippen molar-refractivity contribution in [3.8, 4) is 5.88 Å². The normalized spacial score (nSPS) is 28.4. The van der Waals surface area contributed by atoms with Crippen molar-refractivity contribution in [2.75, 3.05) is 6.54 Å². The van der Waals surface area contributed by atoms with Crippen LogP contribution in [0, 0.1) is 12.8 Å². The maximum Gasteiger partial charge on any atom is 0.408 e. The molecule has 4 fully saturated rings. The number of hydrogen-bond donors (Lipinski definition) is 3. The molecule has 0 bridgehead atoms. The van der Waals surface area contributed by atoms with Crippen molar-refractivity contribution in [1.29, 1.82) is 0 Å². The number of nitrogens with zero attached hydrogens (tertiary/aromatic N) is 3. The van der Waals surface area contributed by atoms with Gasteiger partial charge in [0.05, 0.1) is 22.8 Å². The highest BCUT2D eigenvalue weighted by molar-refractivity contribution is 7.91. The summed E-state index contributed by atoms with van der Waals surface area (Å²) in [6.45, 7) is 6.59. The summed E-state index contributed by atoms with van der Waals surface area (Å²) in [5.74, 6) is -6.59. The minimum atomic E-state index is -4.07. The molecular weight excluding hydrogens is 702 g/mol. The average Bonchev–Trinajstić information content (AvgIpc) is 3.96. The van der Waals surface area contributed by atoms with E-state index in [1.54, 1.807) is 45.9 Å². The third-order valence-electron chi connectivity index (χ3n) is 9.95. The van der Waals surface area contributed by atoms with Gasteiger partial charge in [0.2, 0.25) is 33.6 Å². The molecule has 2 saturated carbocycles. The van der Waals surface area contributed by atoms with Gasteiger partial charge >= 0.3 is 6.09 Å². The number of nitrogens with one attached hydrogen (secondary N) is 3. The van der Waals surface area contributed by atoms with E-state index in [4.69, 9.17) is 9.47 Å². The number of alkyl halides is 2. The number of fused-ring (bicyclic) bond motifs is 3. The third kappa shape index (κ3) is 8.55. The second kappa shape index (κ2) is 14.0. The molecule has 0 spiro atoms. The van der Waals surface area contributed by atoms with Crippen LogP contribution in [0.4, 0.5) is 13.6 Å². The molecule has 1 aromatic heterocycles. The lowest BCUT2D eigenvalue weighted by atomic mass is 10.00. The molecule has 3 N–H and O–H groups in total. The highest BCUT2D eigenvalue weighted by Crippen LogP contribution is 2.51. The lowest BCUT2D eigenvalue weighted by Crippen LogP contribution is -2.58. The zero-order chi connectivity index (χ0) is 37.6. The lowest BCUT2D eigenvalue weighted by Gasteiger charge is -2.30. The van der Waals surface area contributed by atoms with E-state index in [0.717, 1.165) is 0 Å². The van der Waals surface area contributed by atoms with Gasteiger partial charge in [-0.1, -0.05) is 25.0 Å². The Balaban J connectivity index is 1.32. The van der Waals surface area contributed by atoms with Crippen molar-refractivity contribution < 1.29 is 45.9 Å². The minimum Gasteiger partial charge on any atom is -0.471 e. The van der Waals surface area contributed by atoms with Crippen LogP contribution in [0.3, 0.4) is 0 Å². The van der Waals surface area contributed by atoms with Gasteiger partial charge in [-0.25, -0.2) is 32.0 Å². The first-order chi connectivity index (χ1) is 24.4. The van der Waals surface area contributed by atoms with Crippen LogP contribution >= 0.6 is 0 Å². The van der Waals surface area contributed by atoms with Crippen LogP contribution in [0.1, 0.15) is 90.7 Å². The Morgan fingerprint density at radius 1 is 1.02 bits per heavy atom. The number of aryl methyl sites for hydroxylation is 1. The van der Waals surface area contributed by atoms with Gasteiger partial charge in [0.15, 0.2) is 0 Å². The smallest absolute Gasteiger partial charge is 0.408 e. The molecule has 2 aliphatic heterocycles. The summed E-state index contributed by atoms with van der Waals surface area (Å²) in [7, 11) is -4.07. The second-order valence-corrected chi connectivity index (χ2v) is 17.4. The summed E-state index contributed by atoms with van der Waals surface area (Å²) >= 11 is 0. The van der Waals surface area contributed by atoms with Crippen LogP contribution in [0.25, 0.3) is 11.0 Å². The Hall–Kier alpha value is -4.15. The van der Waals surface area contributed by atoms with E-state index in [1.165, 1.54) is 4.90 Å². The predicted octanol–water partition coefficient (Wildman–Crippen LogP) is 3.65. The summed E-state index contributed by atoms with van der Waals surface area (Å²) in [6, 6.07) is 4.74. The van der Waals surface area contributed by atoms with Crippen molar-refractivity contribution in [3.63, 3.8) is 0 Å². The Labute approximate surface area is 301 Å². The first-order valence-corrected chi connectivity index (χ1v) is 19.4. The van der Waals surface area contributed by atoms with Crippen LogP contribution < -0.4 is 20.1 Å². The van der Waals surface area contributed by atoms with Gasteiger partial charge in [-0.2, -0.15) is 0 Å². The van der Waals surface area contributed by atoms with Crippen LogP contribution in [0.5, 0.6) is 5.88 Å². The van der Waals surface area contributed by atoms with E-state index < -0.39 is 93.1 Å². The Morgan fingerprint density at radius 2 is 1.71 bits per heavy atom. The number of halogens is 2. The third-order valence-corrected chi connectivity index (χ3v) is 11.8. The number of ether oxygens (including phenoxy) is 2. The molecule has 0 radical (unpaired) electrons. The van der Waals surface area contributed by atoms with Crippen LogP contribution in [-0.4, -0.2) is 94.1 Å². The standard InChI is InChI=1S/C35H46F2N6O8S/c1-20-29(39-25-11-8-7-10-24(25)38-20)50-22-16-27-28(44)41-35(31(46)42-52(48,49)23-13-14-23)18-21(35)17-34(36,37)15-9-5-6-12-26(30(45)43(27)19-22)40-32(47)51-33(2,3)4/h7-8,10-11,21-23,26-27H,5-6,9,12-19H2,1-4H3,(H,40,47)(H,41,44)(H,42,46). The predicted molar refractivity (Wildman–Crippen MR) is 184 cm³/mol. The quantitative estimate of drug-likeness (QED) is 0.394. The number of alkyl carbamates (subject to hydrolysis) is 1. The number of aromatic nitrogens is 2. The summed E-state index contributed by atoms with van der Waals surface area (Å²) in [5.41, 5.74) is -1.12. The molecule has 52 heavy (non-hydrogen) atoms. The first-order valence-electron chi connectivity index (χ1n) is 17.8. The van der Waals surface area contributed by atoms with Gasteiger partial charge in [-0.3, -0.25) is 19.1 Å². The molecule has 284 valence electrons. The number of benzene rings is 1. The SMILES string of the molecule is Cc1nc2ccccc2nc1OC1CC2C(=O)NC3(C(=O)NS(=O)(=O)C4CC4)CC3CC(F)(F)CCCCCC(NC(=O)OC(C)(C)C)C(=O)N2C1. The molecule has 6 rings (SSSR count). The molecule has 5 atom stereocenters. The maximum atomic E-state index is 15.3. The number of para-hydroxylation sites is 2. The second-order valence-electron chi connectivity index (χ2n) is 15.5. The maximum absolute atomic E-state index is 15.3.